The molecule has 1 heterocycles. The van der Waals surface area contributed by atoms with Gasteiger partial charge in [0, 0.05) is 12.0 Å². The van der Waals surface area contributed by atoms with Gasteiger partial charge in [-0.3, -0.25) is 14.4 Å². The largest absolute Gasteiger partial charge is 0.464 e. The molecule has 1 aromatic carbocycles. The fourth-order valence-corrected chi connectivity index (χ4v) is 2.77. The first kappa shape index (κ1) is 17.9. The van der Waals surface area contributed by atoms with Gasteiger partial charge in [0.25, 0.3) is 5.91 Å². The Morgan fingerprint density at radius 2 is 2.00 bits per heavy atom. The zero-order valence-corrected chi connectivity index (χ0v) is 14.2. The molecule has 6 heteroatoms. The van der Waals surface area contributed by atoms with E-state index in [1.54, 1.807) is 24.3 Å². The molecule has 2 aromatic rings. The highest BCUT2D eigenvalue weighted by Crippen LogP contribution is 2.12. The second-order valence-corrected chi connectivity index (χ2v) is 6.22. The van der Waals surface area contributed by atoms with Gasteiger partial charge < -0.3 is 10.1 Å². The van der Waals surface area contributed by atoms with Crippen LogP contribution in [0.3, 0.4) is 0 Å². The van der Waals surface area contributed by atoms with Crippen LogP contribution in [0.5, 0.6) is 0 Å². The van der Waals surface area contributed by atoms with E-state index >= 15 is 0 Å². The van der Waals surface area contributed by atoms with Crippen LogP contribution in [0.25, 0.3) is 0 Å². The van der Waals surface area contributed by atoms with E-state index in [9.17, 15) is 14.4 Å². The van der Waals surface area contributed by atoms with Crippen LogP contribution in [-0.2, 0) is 9.53 Å². The van der Waals surface area contributed by atoms with Crippen molar-refractivity contribution in [1.82, 2.24) is 5.32 Å². The first-order valence-corrected chi connectivity index (χ1v) is 8.51. The molecule has 126 valence electrons. The summed E-state index contributed by atoms with van der Waals surface area (Å²) in [4.78, 5) is 36.0. The summed E-state index contributed by atoms with van der Waals surface area (Å²) < 4.78 is 5.02. The molecule has 5 nitrogen and oxygen atoms in total. The molecule has 0 bridgehead atoms. The van der Waals surface area contributed by atoms with Crippen LogP contribution in [0.4, 0.5) is 0 Å². The molecule has 0 saturated carbocycles. The third-order valence-corrected chi connectivity index (χ3v) is 4.19. The molecule has 1 N–H and O–H groups in total. The smallest absolute Gasteiger partial charge is 0.325 e. The Hall–Kier alpha value is -2.47. The van der Waals surface area contributed by atoms with Crippen molar-refractivity contribution in [2.24, 2.45) is 0 Å². The normalized spacial score (nSPS) is 10.2. The van der Waals surface area contributed by atoms with E-state index in [2.05, 4.69) is 5.32 Å². The third-order valence-electron chi connectivity index (χ3n) is 3.28. The van der Waals surface area contributed by atoms with Crippen LogP contribution in [0, 0.1) is 6.92 Å². The van der Waals surface area contributed by atoms with Gasteiger partial charge in [-0.2, -0.15) is 0 Å². The van der Waals surface area contributed by atoms with E-state index in [0.29, 0.717) is 23.3 Å². The van der Waals surface area contributed by atoms with Crippen LogP contribution in [0.1, 0.15) is 38.4 Å². The van der Waals surface area contributed by atoms with E-state index in [1.807, 2.05) is 24.4 Å². The molecule has 0 atom stereocenters. The summed E-state index contributed by atoms with van der Waals surface area (Å²) in [5.41, 5.74) is 1.48. The summed E-state index contributed by atoms with van der Waals surface area (Å²) in [5, 5.41) is 4.37. The Morgan fingerprint density at radius 3 is 2.71 bits per heavy atom. The minimum atomic E-state index is -0.514. The second kappa shape index (κ2) is 8.98. The lowest BCUT2D eigenvalue weighted by atomic mass is 10.1. The van der Waals surface area contributed by atoms with Crippen molar-refractivity contribution in [2.45, 2.75) is 19.8 Å². The molecule has 1 amide bonds. The van der Waals surface area contributed by atoms with Gasteiger partial charge >= 0.3 is 5.97 Å². The monoisotopic (exact) mass is 345 g/mol. The van der Waals surface area contributed by atoms with Crippen molar-refractivity contribution in [3.8, 4) is 0 Å². The highest BCUT2D eigenvalue weighted by atomic mass is 32.1. The fraction of sp³-hybridized carbons (Fsp3) is 0.278. The number of carbonyl (C=O) groups is 3. The van der Waals surface area contributed by atoms with Crippen LogP contribution in [-0.4, -0.2) is 30.8 Å². The summed E-state index contributed by atoms with van der Waals surface area (Å²) in [6, 6.07) is 10.7. The number of carbonyl (C=O) groups excluding carboxylic acids is 3. The SMILES string of the molecule is Cc1cccc(C(=O)NCC(=O)OCCCC(=O)c2cccs2)c1. The zero-order chi connectivity index (χ0) is 17.4. The third kappa shape index (κ3) is 5.62. The number of amides is 1. The summed E-state index contributed by atoms with van der Waals surface area (Å²) in [7, 11) is 0. The summed E-state index contributed by atoms with van der Waals surface area (Å²) in [5.74, 6) is -0.781. The first-order chi connectivity index (χ1) is 11.6. The number of Topliss-reactive ketones (excluding diaryl/α,β-unsaturated/α-hetero) is 1. The molecule has 0 fully saturated rings. The molecule has 0 aliphatic rings. The molecule has 0 spiro atoms. The molecule has 0 aliphatic heterocycles. The minimum Gasteiger partial charge on any atom is -0.464 e. The van der Waals surface area contributed by atoms with E-state index < -0.39 is 5.97 Å². The number of benzene rings is 1. The lowest BCUT2D eigenvalue weighted by molar-refractivity contribution is -0.142. The van der Waals surface area contributed by atoms with Gasteiger partial charge in [0.05, 0.1) is 11.5 Å². The number of hydrogen-bond donors (Lipinski definition) is 1. The summed E-state index contributed by atoms with van der Waals surface area (Å²) >= 11 is 1.40. The molecule has 2 rings (SSSR count). The van der Waals surface area contributed by atoms with Crippen molar-refractivity contribution in [1.29, 1.82) is 0 Å². The molecule has 24 heavy (non-hydrogen) atoms. The Kier molecular flexibility index (Phi) is 6.69. The lowest BCUT2D eigenvalue weighted by Crippen LogP contribution is -2.30. The van der Waals surface area contributed by atoms with Crippen molar-refractivity contribution in [2.75, 3.05) is 13.2 Å². The molecule has 0 unspecified atom stereocenters. The van der Waals surface area contributed by atoms with Gasteiger partial charge in [-0.25, -0.2) is 0 Å². The van der Waals surface area contributed by atoms with Crippen LogP contribution >= 0.6 is 11.3 Å². The maximum Gasteiger partial charge on any atom is 0.325 e. The Morgan fingerprint density at radius 1 is 1.17 bits per heavy atom. The van der Waals surface area contributed by atoms with Crippen LogP contribution in [0.2, 0.25) is 0 Å². The van der Waals surface area contributed by atoms with Crippen molar-refractivity contribution < 1.29 is 19.1 Å². The number of aryl methyl sites for hydroxylation is 1. The van der Waals surface area contributed by atoms with E-state index in [-0.39, 0.29) is 24.8 Å². The average molecular weight is 345 g/mol. The number of nitrogens with one attached hydrogen (secondary N) is 1. The van der Waals surface area contributed by atoms with Crippen molar-refractivity contribution >= 4 is 29.0 Å². The number of ketones is 1. The number of esters is 1. The van der Waals surface area contributed by atoms with Gasteiger partial charge in [0.2, 0.25) is 0 Å². The number of thiophene rings is 1. The van der Waals surface area contributed by atoms with Gasteiger partial charge in [-0.15, -0.1) is 11.3 Å². The van der Waals surface area contributed by atoms with E-state index in [4.69, 9.17) is 4.74 Å². The first-order valence-electron chi connectivity index (χ1n) is 7.63. The minimum absolute atomic E-state index is 0.0498. The number of rotatable bonds is 8. The zero-order valence-electron chi connectivity index (χ0n) is 13.4. The van der Waals surface area contributed by atoms with E-state index in [1.165, 1.54) is 11.3 Å². The lowest BCUT2D eigenvalue weighted by Gasteiger charge is -2.07. The molecular weight excluding hydrogens is 326 g/mol. The predicted octanol–water partition coefficient (Wildman–Crippen LogP) is 2.99. The van der Waals surface area contributed by atoms with Gasteiger partial charge in [-0.05, 0) is 36.9 Å². The summed E-state index contributed by atoms with van der Waals surface area (Å²) in [6.07, 6.45) is 0.803. The predicted molar refractivity (Wildman–Crippen MR) is 92.4 cm³/mol. The highest BCUT2D eigenvalue weighted by Gasteiger charge is 2.10. The Balaban J connectivity index is 1.63. The van der Waals surface area contributed by atoms with Crippen molar-refractivity contribution in [3.05, 3.63) is 57.8 Å². The number of hydrogen-bond acceptors (Lipinski definition) is 5. The van der Waals surface area contributed by atoms with Crippen LogP contribution < -0.4 is 5.32 Å². The highest BCUT2D eigenvalue weighted by molar-refractivity contribution is 7.12. The molecular formula is C18H19NO4S. The van der Waals surface area contributed by atoms with Gasteiger partial charge in [-0.1, -0.05) is 23.8 Å². The molecule has 1 aromatic heterocycles. The standard InChI is InChI=1S/C18H19NO4S/c1-13-5-2-6-14(11-13)18(22)19-12-17(21)23-9-3-7-15(20)16-8-4-10-24-16/h2,4-6,8,10-11H,3,7,9,12H2,1H3,(H,19,22). The van der Waals surface area contributed by atoms with Gasteiger partial charge in [0.1, 0.15) is 6.54 Å². The Labute approximate surface area is 144 Å². The second-order valence-electron chi connectivity index (χ2n) is 5.28. The maximum absolute atomic E-state index is 11.9. The quantitative estimate of drug-likeness (QED) is 0.453. The topological polar surface area (TPSA) is 72.5 Å². The number of ether oxygens (including phenoxy) is 1. The molecule has 0 aliphatic carbocycles. The maximum atomic E-state index is 11.9. The average Bonchev–Trinajstić information content (AvgIpc) is 3.11. The van der Waals surface area contributed by atoms with Crippen LogP contribution in [0.15, 0.2) is 41.8 Å². The molecule has 0 radical (unpaired) electrons. The fourth-order valence-electron chi connectivity index (χ4n) is 2.07. The Bertz CT molecular complexity index is 710. The summed E-state index contributed by atoms with van der Waals surface area (Å²) in [6.45, 7) is 1.87. The molecule has 0 saturated heterocycles. The van der Waals surface area contributed by atoms with Gasteiger partial charge in [0.15, 0.2) is 5.78 Å². The van der Waals surface area contributed by atoms with E-state index in [0.717, 1.165) is 5.56 Å². The van der Waals surface area contributed by atoms with Crippen molar-refractivity contribution in [3.63, 3.8) is 0 Å².